The van der Waals surface area contributed by atoms with E-state index < -0.39 is 12.0 Å². The Kier molecular flexibility index (Phi) is 6.00. The van der Waals surface area contributed by atoms with Gasteiger partial charge in [-0.15, -0.1) is 5.10 Å². The van der Waals surface area contributed by atoms with E-state index in [0.29, 0.717) is 36.5 Å². The predicted octanol–water partition coefficient (Wildman–Crippen LogP) is 2.89. The third-order valence-electron chi connectivity index (χ3n) is 4.34. The van der Waals surface area contributed by atoms with E-state index in [1.807, 2.05) is 30.3 Å². The zero-order valence-corrected chi connectivity index (χ0v) is 16.0. The molecule has 0 unspecified atom stereocenters. The van der Waals surface area contributed by atoms with Gasteiger partial charge in [-0.3, -0.25) is 4.79 Å². The first kappa shape index (κ1) is 20.6. The molecular weight excluding hydrogens is 387 g/mol. The fraction of sp³-hybridized carbons (Fsp3) is 0.368. The number of carbonyl (C=O) groups is 1. The number of carbonyl (C=O) groups excluding carboxylic acids is 1. The first-order valence-electron chi connectivity index (χ1n) is 9.00. The number of benzene rings is 1. The summed E-state index contributed by atoms with van der Waals surface area (Å²) >= 11 is 0. The smallest absolute Gasteiger partial charge is 0.453 e. The Labute approximate surface area is 164 Å². The van der Waals surface area contributed by atoms with Crippen molar-refractivity contribution in [2.45, 2.75) is 32.9 Å². The molecule has 0 saturated heterocycles. The maximum absolute atomic E-state index is 12.8. The maximum atomic E-state index is 12.8. The fourth-order valence-corrected chi connectivity index (χ4v) is 2.89. The summed E-state index contributed by atoms with van der Waals surface area (Å²) in [6, 6.07) is 9.25. The van der Waals surface area contributed by atoms with E-state index in [1.54, 1.807) is 13.8 Å². The van der Waals surface area contributed by atoms with Crippen LogP contribution >= 0.6 is 0 Å². The number of alkyl halides is 3. The summed E-state index contributed by atoms with van der Waals surface area (Å²) < 4.78 is 45.1. The summed E-state index contributed by atoms with van der Waals surface area (Å²) in [6.45, 7) is 3.99. The molecule has 0 spiro atoms. The van der Waals surface area contributed by atoms with Crippen LogP contribution in [-0.4, -0.2) is 38.6 Å². The van der Waals surface area contributed by atoms with Crippen LogP contribution in [0.4, 0.5) is 13.2 Å². The number of para-hydroxylation sites is 1. The zero-order valence-electron chi connectivity index (χ0n) is 16.0. The minimum absolute atomic E-state index is 0.112. The first-order valence-corrected chi connectivity index (χ1v) is 9.00. The number of halogens is 3. The highest BCUT2D eigenvalue weighted by atomic mass is 19.4. The van der Waals surface area contributed by atoms with Gasteiger partial charge in [-0.2, -0.15) is 18.2 Å². The van der Waals surface area contributed by atoms with Crippen LogP contribution < -0.4 is 10.1 Å². The van der Waals surface area contributed by atoms with Crippen LogP contribution in [0.3, 0.4) is 0 Å². The molecule has 10 heteroatoms. The Bertz CT molecular complexity index is 1000. The van der Waals surface area contributed by atoms with Crippen LogP contribution in [0, 0.1) is 13.8 Å². The molecule has 0 aliphatic rings. The molecule has 3 rings (SSSR count). The van der Waals surface area contributed by atoms with Gasteiger partial charge in [0, 0.05) is 17.8 Å². The van der Waals surface area contributed by atoms with Crippen molar-refractivity contribution >= 4 is 11.7 Å². The van der Waals surface area contributed by atoms with Gasteiger partial charge in [0.1, 0.15) is 12.4 Å². The van der Waals surface area contributed by atoms with Crippen molar-refractivity contribution in [1.29, 1.82) is 0 Å². The van der Waals surface area contributed by atoms with Gasteiger partial charge in [-0.25, -0.2) is 9.50 Å². The quantitative estimate of drug-likeness (QED) is 0.609. The monoisotopic (exact) mass is 407 g/mol. The standard InChI is InChI=1S/C19H20F3N5O2/c1-12-15(13(2)27-18(24-12)25-17(26-27)19(20,21)22)8-9-16(28)23-10-11-29-14-6-4-3-5-7-14/h3-7H,8-11H2,1-2H3,(H,23,28). The Morgan fingerprint density at radius 2 is 1.90 bits per heavy atom. The minimum atomic E-state index is -4.64. The van der Waals surface area contributed by atoms with E-state index in [2.05, 4.69) is 20.4 Å². The van der Waals surface area contributed by atoms with Gasteiger partial charge in [-0.05, 0) is 38.0 Å². The third kappa shape index (κ3) is 5.01. The summed E-state index contributed by atoms with van der Waals surface area (Å²) in [4.78, 5) is 19.6. The van der Waals surface area contributed by atoms with Gasteiger partial charge in [0.05, 0.1) is 6.54 Å². The lowest BCUT2D eigenvalue weighted by molar-refractivity contribution is -0.144. The molecule has 1 amide bonds. The van der Waals surface area contributed by atoms with Crippen molar-refractivity contribution < 1.29 is 22.7 Å². The molecule has 29 heavy (non-hydrogen) atoms. The van der Waals surface area contributed by atoms with E-state index in [4.69, 9.17) is 4.74 Å². The SMILES string of the molecule is Cc1nc2nc(C(F)(F)F)nn2c(C)c1CCC(=O)NCCOc1ccccc1. The molecule has 0 radical (unpaired) electrons. The van der Waals surface area contributed by atoms with Crippen molar-refractivity contribution in [1.82, 2.24) is 24.9 Å². The minimum Gasteiger partial charge on any atom is -0.492 e. The molecule has 3 aromatic rings. The second kappa shape index (κ2) is 8.46. The van der Waals surface area contributed by atoms with E-state index in [9.17, 15) is 18.0 Å². The summed E-state index contributed by atoms with van der Waals surface area (Å²) in [6.07, 6.45) is -4.15. The summed E-state index contributed by atoms with van der Waals surface area (Å²) in [7, 11) is 0. The number of nitrogens with zero attached hydrogens (tertiary/aromatic N) is 4. The molecular formula is C19H20F3N5O2. The van der Waals surface area contributed by atoms with Crippen LogP contribution in [0.5, 0.6) is 5.75 Å². The van der Waals surface area contributed by atoms with Crippen molar-refractivity contribution in [3.8, 4) is 5.75 Å². The normalized spacial score (nSPS) is 11.6. The number of amides is 1. The molecule has 2 heterocycles. The van der Waals surface area contributed by atoms with Gasteiger partial charge in [-0.1, -0.05) is 18.2 Å². The van der Waals surface area contributed by atoms with Gasteiger partial charge >= 0.3 is 6.18 Å². The number of hydrogen-bond donors (Lipinski definition) is 1. The van der Waals surface area contributed by atoms with Crippen molar-refractivity contribution in [3.63, 3.8) is 0 Å². The number of nitrogens with one attached hydrogen (secondary N) is 1. The summed E-state index contributed by atoms with van der Waals surface area (Å²) in [5.74, 6) is -0.812. The van der Waals surface area contributed by atoms with Crippen molar-refractivity contribution in [3.05, 3.63) is 53.1 Å². The van der Waals surface area contributed by atoms with Gasteiger partial charge < -0.3 is 10.1 Å². The number of ether oxygens (including phenoxy) is 1. The van der Waals surface area contributed by atoms with E-state index in [1.165, 1.54) is 0 Å². The second-order valence-electron chi connectivity index (χ2n) is 6.42. The molecule has 1 N–H and O–H groups in total. The Morgan fingerprint density at radius 1 is 1.17 bits per heavy atom. The predicted molar refractivity (Wildman–Crippen MR) is 98.5 cm³/mol. The van der Waals surface area contributed by atoms with Crippen LogP contribution in [-0.2, 0) is 17.4 Å². The Morgan fingerprint density at radius 3 is 2.59 bits per heavy atom. The summed E-state index contributed by atoms with van der Waals surface area (Å²) in [5, 5.41) is 6.26. The van der Waals surface area contributed by atoms with Crippen molar-refractivity contribution in [2.24, 2.45) is 0 Å². The molecule has 0 bridgehead atoms. The fourth-order valence-electron chi connectivity index (χ4n) is 2.89. The molecule has 0 aliphatic carbocycles. The molecule has 0 aliphatic heterocycles. The van der Waals surface area contributed by atoms with Crippen LogP contribution in [0.25, 0.3) is 5.78 Å². The molecule has 1 aromatic carbocycles. The highest BCUT2D eigenvalue weighted by Gasteiger charge is 2.36. The molecule has 0 atom stereocenters. The molecule has 0 saturated carbocycles. The molecule has 0 fully saturated rings. The maximum Gasteiger partial charge on any atom is 0.453 e. The number of rotatable bonds is 7. The third-order valence-corrected chi connectivity index (χ3v) is 4.34. The van der Waals surface area contributed by atoms with Crippen LogP contribution in [0.1, 0.15) is 29.2 Å². The second-order valence-corrected chi connectivity index (χ2v) is 6.42. The average molecular weight is 407 g/mol. The van der Waals surface area contributed by atoms with E-state index in [-0.39, 0.29) is 18.1 Å². The lowest BCUT2D eigenvalue weighted by atomic mass is 10.1. The van der Waals surface area contributed by atoms with Crippen molar-refractivity contribution in [2.75, 3.05) is 13.2 Å². The van der Waals surface area contributed by atoms with Gasteiger partial charge in [0.25, 0.3) is 11.6 Å². The Balaban J connectivity index is 1.57. The number of fused-ring (bicyclic) bond motifs is 1. The topological polar surface area (TPSA) is 81.4 Å². The average Bonchev–Trinajstić information content (AvgIpc) is 3.10. The number of aromatic nitrogens is 4. The number of hydrogen-bond acceptors (Lipinski definition) is 5. The summed E-state index contributed by atoms with van der Waals surface area (Å²) in [5.41, 5.74) is 1.68. The molecule has 2 aromatic heterocycles. The number of aryl methyl sites for hydroxylation is 2. The van der Waals surface area contributed by atoms with E-state index in [0.717, 1.165) is 10.3 Å². The highest BCUT2D eigenvalue weighted by Crippen LogP contribution is 2.27. The first-order chi connectivity index (χ1) is 13.8. The van der Waals surface area contributed by atoms with Crippen LogP contribution in [0.15, 0.2) is 30.3 Å². The van der Waals surface area contributed by atoms with Gasteiger partial charge in [0.15, 0.2) is 0 Å². The lowest BCUT2D eigenvalue weighted by Crippen LogP contribution is -2.28. The van der Waals surface area contributed by atoms with E-state index >= 15 is 0 Å². The zero-order chi connectivity index (χ0) is 21.0. The van der Waals surface area contributed by atoms with Crippen LogP contribution in [0.2, 0.25) is 0 Å². The lowest BCUT2D eigenvalue weighted by Gasteiger charge is -2.11. The van der Waals surface area contributed by atoms with Gasteiger partial charge in [0.2, 0.25) is 5.91 Å². The largest absolute Gasteiger partial charge is 0.492 e. The highest BCUT2D eigenvalue weighted by molar-refractivity contribution is 5.76. The Hall–Kier alpha value is -3.17. The molecule has 7 nitrogen and oxygen atoms in total. The molecule has 154 valence electrons.